The number of benzene rings is 1. The lowest BCUT2D eigenvalue weighted by Crippen LogP contribution is -2.36. The van der Waals surface area contributed by atoms with Crippen molar-refractivity contribution in [1.82, 2.24) is 14.7 Å². The summed E-state index contributed by atoms with van der Waals surface area (Å²) in [5.74, 6) is 2.28. The number of hydrogen-bond acceptors (Lipinski definition) is 6. The minimum Gasteiger partial charge on any atom is -0.488 e. The number of hydrogen-bond donors (Lipinski definition) is 0. The van der Waals surface area contributed by atoms with E-state index >= 15 is 0 Å². The van der Waals surface area contributed by atoms with Crippen molar-refractivity contribution in [1.29, 1.82) is 0 Å². The van der Waals surface area contributed by atoms with E-state index in [1.807, 2.05) is 18.2 Å². The second kappa shape index (κ2) is 18.7. The van der Waals surface area contributed by atoms with Crippen LogP contribution in [0, 0.1) is 0 Å². The van der Waals surface area contributed by atoms with E-state index in [0.29, 0.717) is 37.9 Å². The first-order valence-corrected chi connectivity index (χ1v) is 14.6. The zero-order valence-electron chi connectivity index (χ0n) is 25.0. The van der Waals surface area contributed by atoms with Gasteiger partial charge in [0.2, 0.25) is 5.75 Å². The van der Waals surface area contributed by atoms with Gasteiger partial charge < -0.3 is 14.2 Å². The van der Waals surface area contributed by atoms with Crippen LogP contribution in [-0.4, -0.2) is 91.9 Å². The summed E-state index contributed by atoms with van der Waals surface area (Å²) in [5, 5.41) is 0. The molecule has 3 atom stereocenters. The van der Waals surface area contributed by atoms with E-state index in [0.717, 1.165) is 75.8 Å². The van der Waals surface area contributed by atoms with Crippen LogP contribution >= 0.6 is 0 Å². The van der Waals surface area contributed by atoms with Crippen LogP contribution in [0.1, 0.15) is 81.6 Å². The number of ether oxygens (including phenoxy) is 3. The van der Waals surface area contributed by atoms with Crippen molar-refractivity contribution in [3.8, 4) is 17.2 Å². The van der Waals surface area contributed by atoms with Crippen LogP contribution in [0.25, 0.3) is 0 Å². The van der Waals surface area contributed by atoms with Gasteiger partial charge in [-0.1, -0.05) is 47.6 Å². The molecule has 210 valence electrons. The Bertz CT molecular complexity index is 645. The standard InChI is InChI=1S/C30H57N3O3/c1-10-25(7)31(13-4)19-22-34-28-17-16-18-29(35-23-20-32(14-5)26(8)11-2)30(28)36-24-21-33(15-6)27(9)12-3/h16-18,25-27H,10-15,19-24H2,1-9H3. The number of nitrogens with zero attached hydrogens (tertiary/aromatic N) is 3. The largest absolute Gasteiger partial charge is 0.488 e. The first-order valence-electron chi connectivity index (χ1n) is 14.6. The number of rotatable bonds is 21. The van der Waals surface area contributed by atoms with Crippen LogP contribution in [0.2, 0.25) is 0 Å². The van der Waals surface area contributed by atoms with Gasteiger partial charge in [0.1, 0.15) is 19.8 Å². The smallest absolute Gasteiger partial charge is 0.203 e. The van der Waals surface area contributed by atoms with Crippen LogP contribution in [0.15, 0.2) is 18.2 Å². The lowest BCUT2D eigenvalue weighted by molar-refractivity contribution is 0.149. The third kappa shape index (κ3) is 10.9. The predicted octanol–water partition coefficient (Wildman–Crippen LogP) is 6.18. The van der Waals surface area contributed by atoms with Crippen molar-refractivity contribution in [2.75, 3.05) is 59.1 Å². The Morgan fingerprint density at radius 2 is 0.889 bits per heavy atom. The zero-order valence-corrected chi connectivity index (χ0v) is 25.0. The maximum atomic E-state index is 6.38. The van der Waals surface area contributed by atoms with Crippen LogP contribution in [0.3, 0.4) is 0 Å². The topological polar surface area (TPSA) is 37.4 Å². The van der Waals surface area contributed by atoms with Gasteiger partial charge in [0.15, 0.2) is 11.5 Å². The Morgan fingerprint density at radius 1 is 0.556 bits per heavy atom. The Labute approximate surface area is 223 Å². The Morgan fingerprint density at radius 3 is 1.19 bits per heavy atom. The molecule has 0 N–H and O–H groups in total. The van der Waals surface area contributed by atoms with Crippen molar-refractivity contribution in [3.63, 3.8) is 0 Å². The van der Waals surface area contributed by atoms with Gasteiger partial charge in [-0.15, -0.1) is 0 Å². The maximum absolute atomic E-state index is 6.38. The van der Waals surface area contributed by atoms with Crippen molar-refractivity contribution in [2.24, 2.45) is 0 Å². The maximum Gasteiger partial charge on any atom is 0.203 e. The summed E-state index contributed by atoms with van der Waals surface area (Å²) >= 11 is 0. The molecule has 6 nitrogen and oxygen atoms in total. The summed E-state index contributed by atoms with van der Waals surface area (Å²) < 4.78 is 19.0. The summed E-state index contributed by atoms with van der Waals surface area (Å²) in [5.41, 5.74) is 0. The van der Waals surface area contributed by atoms with Crippen molar-refractivity contribution >= 4 is 0 Å². The van der Waals surface area contributed by atoms with Crippen LogP contribution < -0.4 is 14.2 Å². The van der Waals surface area contributed by atoms with E-state index in [9.17, 15) is 0 Å². The summed E-state index contributed by atoms with van der Waals surface area (Å²) in [6, 6.07) is 7.67. The third-order valence-electron chi connectivity index (χ3n) is 7.70. The lowest BCUT2D eigenvalue weighted by atomic mass is 10.2. The van der Waals surface area contributed by atoms with Gasteiger partial charge in [0.05, 0.1) is 0 Å². The fourth-order valence-electron chi connectivity index (χ4n) is 4.52. The molecule has 0 heterocycles. The highest BCUT2D eigenvalue weighted by Crippen LogP contribution is 2.37. The van der Waals surface area contributed by atoms with E-state index in [-0.39, 0.29) is 0 Å². The first kappa shape index (κ1) is 32.5. The minimum atomic E-state index is 0.543. The van der Waals surface area contributed by atoms with Crippen molar-refractivity contribution in [2.45, 2.75) is 99.7 Å². The predicted molar refractivity (Wildman–Crippen MR) is 154 cm³/mol. The minimum absolute atomic E-state index is 0.543. The molecule has 0 bridgehead atoms. The summed E-state index contributed by atoms with van der Waals surface area (Å²) in [7, 11) is 0. The number of likely N-dealkylation sites (N-methyl/N-ethyl adjacent to an activating group) is 3. The summed E-state index contributed by atoms with van der Waals surface area (Å²) in [6.45, 7) is 27.8. The van der Waals surface area contributed by atoms with Crippen LogP contribution in [0.5, 0.6) is 17.2 Å². The second-order valence-corrected chi connectivity index (χ2v) is 9.79. The monoisotopic (exact) mass is 507 g/mol. The van der Waals surface area contributed by atoms with Gasteiger partial charge in [0, 0.05) is 37.8 Å². The number of para-hydroxylation sites is 1. The molecule has 0 radical (unpaired) electrons. The molecule has 0 spiro atoms. The van der Waals surface area contributed by atoms with Gasteiger partial charge in [-0.25, -0.2) is 0 Å². The van der Waals surface area contributed by atoms with Gasteiger partial charge in [-0.05, 0) is 71.8 Å². The van der Waals surface area contributed by atoms with Gasteiger partial charge in [-0.2, -0.15) is 0 Å². The summed E-state index contributed by atoms with van der Waals surface area (Å²) in [6.07, 6.45) is 3.41. The average Bonchev–Trinajstić information content (AvgIpc) is 2.91. The molecule has 0 aromatic heterocycles. The van der Waals surface area contributed by atoms with Gasteiger partial charge in [-0.3, -0.25) is 14.7 Å². The van der Waals surface area contributed by atoms with Crippen LogP contribution in [-0.2, 0) is 0 Å². The summed E-state index contributed by atoms with van der Waals surface area (Å²) in [4.78, 5) is 7.38. The fourth-order valence-corrected chi connectivity index (χ4v) is 4.52. The normalized spacial score (nSPS) is 14.3. The Kier molecular flexibility index (Phi) is 16.9. The molecule has 0 aliphatic heterocycles. The van der Waals surface area contributed by atoms with E-state index in [4.69, 9.17) is 14.2 Å². The molecule has 0 saturated heterocycles. The lowest BCUT2D eigenvalue weighted by Gasteiger charge is -2.28. The molecule has 36 heavy (non-hydrogen) atoms. The highest BCUT2D eigenvalue weighted by molar-refractivity contribution is 5.51. The Balaban J connectivity index is 2.95. The molecular weight excluding hydrogens is 450 g/mol. The highest BCUT2D eigenvalue weighted by atomic mass is 16.5. The van der Waals surface area contributed by atoms with E-state index < -0.39 is 0 Å². The van der Waals surface area contributed by atoms with Crippen LogP contribution in [0.4, 0.5) is 0 Å². The van der Waals surface area contributed by atoms with Gasteiger partial charge >= 0.3 is 0 Å². The van der Waals surface area contributed by atoms with Crippen molar-refractivity contribution < 1.29 is 14.2 Å². The van der Waals surface area contributed by atoms with E-state index in [2.05, 4.69) is 77.0 Å². The Hall–Kier alpha value is -1.50. The van der Waals surface area contributed by atoms with E-state index in [1.165, 1.54) is 0 Å². The average molecular weight is 508 g/mol. The second-order valence-electron chi connectivity index (χ2n) is 9.79. The van der Waals surface area contributed by atoms with Crippen molar-refractivity contribution in [3.05, 3.63) is 18.2 Å². The SMILES string of the molecule is CCC(C)N(CC)CCOc1cccc(OCCN(CC)C(C)CC)c1OCCN(CC)C(C)CC. The molecule has 3 unspecified atom stereocenters. The molecule has 0 aliphatic rings. The zero-order chi connectivity index (χ0) is 26.9. The molecule has 1 aromatic carbocycles. The molecule has 0 amide bonds. The molecule has 6 heteroatoms. The molecule has 0 aliphatic carbocycles. The molecular formula is C30H57N3O3. The third-order valence-corrected chi connectivity index (χ3v) is 7.70. The first-order chi connectivity index (χ1) is 17.4. The highest BCUT2D eigenvalue weighted by Gasteiger charge is 2.17. The molecule has 0 saturated carbocycles. The molecule has 1 rings (SSSR count). The molecule has 1 aromatic rings. The molecule has 0 fully saturated rings. The quantitative estimate of drug-likeness (QED) is 0.198. The van der Waals surface area contributed by atoms with E-state index in [1.54, 1.807) is 0 Å². The van der Waals surface area contributed by atoms with Gasteiger partial charge in [0.25, 0.3) is 0 Å². The fraction of sp³-hybridized carbons (Fsp3) is 0.800.